The van der Waals surface area contributed by atoms with Gasteiger partial charge in [-0.2, -0.15) is 0 Å². The van der Waals surface area contributed by atoms with E-state index in [9.17, 15) is 9.59 Å². The van der Waals surface area contributed by atoms with Crippen LogP contribution in [-0.2, 0) is 4.79 Å². The number of aromatic nitrogens is 1. The SMILES string of the molecule is CCCOc1cc(OC)cc(C(Nc2ccc(C(=N)N)cc2)C(=O)NNC(=O)c2ncccc2Br)c1F. The number of amides is 2. The molecule has 1 heterocycles. The number of methoxy groups -OCH3 is 1. The lowest BCUT2D eigenvalue weighted by molar-refractivity contribution is -0.122. The lowest BCUT2D eigenvalue weighted by Crippen LogP contribution is -2.46. The minimum atomic E-state index is -1.32. The molecule has 2 amide bonds. The third kappa shape index (κ3) is 6.94. The molecular weight excluding hydrogens is 547 g/mol. The molecule has 0 aliphatic heterocycles. The van der Waals surface area contributed by atoms with Crippen LogP contribution in [0.15, 0.2) is 59.2 Å². The highest BCUT2D eigenvalue weighted by atomic mass is 79.9. The normalized spacial score (nSPS) is 11.2. The zero-order valence-electron chi connectivity index (χ0n) is 20.1. The topological polar surface area (TPSA) is 151 Å². The second-order valence-electron chi connectivity index (χ2n) is 7.72. The Balaban J connectivity index is 1.95. The Hall–Kier alpha value is -4.19. The third-order valence-electron chi connectivity index (χ3n) is 5.09. The van der Waals surface area contributed by atoms with E-state index in [0.717, 1.165) is 0 Å². The van der Waals surface area contributed by atoms with Crippen molar-refractivity contribution < 1.29 is 23.5 Å². The van der Waals surface area contributed by atoms with Crippen molar-refractivity contribution in [3.63, 3.8) is 0 Å². The van der Waals surface area contributed by atoms with Gasteiger partial charge in [-0.3, -0.25) is 25.8 Å². The molecule has 0 radical (unpaired) electrons. The molecule has 3 rings (SSSR count). The predicted octanol–water partition coefficient (Wildman–Crippen LogP) is 3.68. The number of carbonyl (C=O) groups is 2. The van der Waals surface area contributed by atoms with Crippen LogP contribution in [0.4, 0.5) is 10.1 Å². The van der Waals surface area contributed by atoms with Crippen LogP contribution in [0.1, 0.15) is 41.0 Å². The quantitative estimate of drug-likeness (QED) is 0.141. The van der Waals surface area contributed by atoms with Gasteiger partial charge in [-0.25, -0.2) is 9.37 Å². The van der Waals surface area contributed by atoms with Crippen molar-refractivity contribution >= 4 is 39.3 Å². The molecule has 3 aromatic rings. The molecule has 1 unspecified atom stereocenters. The summed E-state index contributed by atoms with van der Waals surface area (Å²) in [6, 6.07) is 11.0. The molecule has 0 saturated heterocycles. The summed E-state index contributed by atoms with van der Waals surface area (Å²) in [7, 11) is 1.41. The molecule has 37 heavy (non-hydrogen) atoms. The number of hydrogen-bond acceptors (Lipinski definition) is 7. The fourth-order valence-corrected chi connectivity index (χ4v) is 3.67. The van der Waals surface area contributed by atoms with Crippen LogP contribution < -0.4 is 31.4 Å². The van der Waals surface area contributed by atoms with Crippen LogP contribution >= 0.6 is 15.9 Å². The Labute approximate surface area is 221 Å². The maximum absolute atomic E-state index is 15.6. The number of nitrogen functional groups attached to an aromatic ring is 1. The van der Waals surface area contributed by atoms with E-state index in [1.54, 1.807) is 36.4 Å². The summed E-state index contributed by atoms with van der Waals surface area (Å²) < 4.78 is 26.8. The molecule has 6 N–H and O–H groups in total. The van der Waals surface area contributed by atoms with E-state index >= 15 is 4.39 Å². The summed E-state index contributed by atoms with van der Waals surface area (Å²) in [5.41, 5.74) is 11.0. The highest BCUT2D eigenvalue weighted by Gasteiger charge is 2.28. The number of nitrogens with zero attached hydrogens (tertiary/aromatic N) is 1. The Bertz CT molecular complexity index is 1290. The first-order valence-corrected chi connectivity index (χ1v) is 12.0. The third-order valence-corrected chi connectivity index (χ3v) is 5.73. The number of nitrogens with two attached hydrogens (primary N) is 1. The number of ether oxygens (including phenoxy) is 2. The number of nitrogens with one attached hydrogen (secondary N) is 4. The number of carbonyl (C=O) groups excluding carboxylic acids is 2. The average molecular weight is 573 g/mol. The summed E-state index contributed by atoms with van der Waals surface area (Å²) in [6.45, 7) is 2.14. The standard InChI is InChI=1S/C25H26BrFN6O4/c1-3-11-37-19-13-16(36-2)12-17(20(19)27)21(31-15-8-6-14(7-9-15)23(28)29)24(34)32-33-25(35)22-18(26)5-4-10-30-22/h4-10,12-13,21,31H,3,11H2,1-2H3,(H3,28,29)(H,32,34)(H,33,35). The lowest BCUT2D eigenvalue weighted by atomic mass is 10.0. The van der Waals surface area contributed by atoms with Gasteiger partial charge in [0.2, 0.25) is 0 Å². The summed E-state index contributed by atoms with van der Waals surface area (Å²) in [6.07, 6.45) is 2.08. The molecule has 1 atom stereocenters. The zero-order valence-corrected chi connectivity index (χ0v) is 21.7. The fourth-order valence-electron chi connectivity index (χ4n) is 3.24. The van der Waals surface area contributed by atoms with E-state index in [-0.39, 0.29) is 35.2 Å². The summed E-state index contributed by atoms with van der Waals surface area (Å²) in [5, 5.41) is 10.5. The van der Waals surface area contributed by atoms with Gasteiger partial charge < -0.3 is 20.5 Å². The smallest absolute Gasteiger partial charge is 0.289 e. The molecule has 1 aromatic heterocycles. The minimum absolute atomic E-state index is 0.0509. The Kier molecular flexibility index (Phi) is 9.39. The van der Waals surface area contributed by atoms with Crippen LogP contribution in [0, 0.1) is 11.2 Å². The van der Waals surface area contributed by atoms with E-state index in [1.165, 1.54) is 25.4 Å². The molecule has 194 valence electrons. The van der Waals surface area contributed by atoms with Gasteiger partial charge in [-0.1, -0.05) is 6.92 Å². The van der Waals surface area contributed by atoms with E-state index in [2.05, 4.69) is 37.1 Å². The van der Waals surface area contributed by atoms with Gasteiger partial charge in [0, 0.05) is 33.6 Å². The van der Waals surface area contributed by atoms with Crippen molar-refractivity contribution in [3.8, 4) is 11.5 Å². The Morgan fingerprint density at radius 2 is 1.92 bits per heavy atom. The molecule has 2 aromatic carbocycles. The Morgan fingerprint density at radius 1 is 1.19 bits per heavy atom. The fraction of sp³-hybridized carbons (Fsp3) is 0.200. The van der Waals surface area contributed by atoms with Crippen molar-refractivity contribution in [3.05, 3.63) is 81.8 Å². The van der Waals surface area contributed by atoms with Crippen LogP contribution in [-0.4, -0.2) is 36.4 Å². The monoisotopic (exact) mass is 572 g/mol. The number of hydrogen-bond donors (Lipinski definition) is 5. The number of hydrazine groups is 1. The molecule has 0 fully saturated rings. The second-order valence-corrected chi connectivity index (χ2v) is 8.58. The maximum atomic E-state index is 15.6. The van der Waals surface area contributed by atoms with Crippen molar-refractivity contribution in [2.75, 3.05) is 19.0 Å². The first kappa shape index (κ1) is 27.4. The van der Waals surface area contributed by atoms with Gasteiger partial charge in [-0.05, 0) is 64.8 Å². The zero-order chi connectivity index (χ0) is 26.9. The lowest BCUT2D eigenvalue weighted by Gasteiger charge is -2.22. The van der Waals surface area contributed by atoms with Crippen LogP contribution in [0.5, 0.6) is 11.5 Å². The van der Waals surface area contributed by atoms with E-state index in [4.69, 9.17) is 20.6 Å². The van der Waals surface area contributed by atoms with Gasteiger partial charge >= 0.3 is 0 Å². The van der Waals surface area contributed by atoms with Gasteiger partial charge in [0.15, 0.2) is 11.6 Å². The Morgan fingerprint density at radius 3 is 2.54 bits per heavy atom. The van der Waals surface area contributed by atoms with Crippen molar-refractivity contribution in [2.24, 2.45) is 5.73 Å². The molecule has 0 spiro atoms. The molecule has 0 aliphatic carbocycles. The molecule has 12 heteroatoms. The van der Waals surface area contributed by atoms with Crippen molar-refractivity contribution in [2.45, 2.75) is 19.4 Å². The summed E-state index contributed by atoms with van der Waals surface area (Å²) in [4.78, 5) is 29.8. The first-order valence-electron chi connectivity index (χ1n) is 11.2. The number of amidine groups is 1. The van der Waals surface area contributed by atoms with Crippen molar-refractivity contribution in [1.82, 2.24) is 15.8 Å². The summed E-state index contributed by atoms with van der Waals surface area (Å²) >= 11 is 3.23. The van der Waals surface area contributed by atoms with E-state index < -0.39 is 23.7 Å². The average Bonchev–Trinajstić information content (AvgIpc) is 2.90. The van der Waals surface area contributed by atoms with Gasteiger partial charge in [0.1, 0.15) is 23.3 Å². The second kappa shape index (κ2) is 12.7. The van der Waals surface area contributed by atoms with Gasteiger partial charge in [0.05, 0.1) is 13.7 Å². The maximum Gasteiger partial charge on any atom is 0.289 e. The van der Waals surface area contributed by atoms with Crippen LogP contribution in [0.25, 0.3) is 0 Å². The molecule has 0 saturated carbocycles. The van der Waals surface area contributed by atoms with Crippen LogP contribution in [0.3, 0.4) is 0 Å². The number of rotatable bonds is 10. The first-order chi connectivity index (χ1) is 17.7. The highest BCUT2D eigenvalue weighted by Crippen LogP contribution is 2.33. The number of benzene rings is 2. The number of anilines is 1. The van der Waals surface area contributed by atoms with Gasteiger partial charge in [0.25, 0.3) is 11.8 Å². The van der Waals surface area contributed by atoms with E-state index in [0.29, 0.717) is 22.1 Å². The molecular formula is C25H26BrFN6O4. The van der Waals surface area contributed by atoms with Crippen molar-refractivity contribution in [1.29, 1.82) is 5.41 Å². The molecule has 0 bridgehead atoms. The predicted molar refractivity (Wildman–Crippen MR) is 140 cm³/mol. The highest BCUT2D eigenvalue weighted by molar-refractivity contribution is 9.10. The molecule has 10 nitrogen and oxygen atoms in total. The minimum Gasteiger partial charge on any atom is -0.497 e. The van der Waals surface area contributed by atoms with Crippen LogP contribution in [0.2, 0.25) is 0 Å². The number of pyridine rings is 1. The molecule has 0 aliphatic rings. The number of halogens is 2. The van der Waals surface area contributed by atoms with Gasteiger partial charge in [-0.15, -0.1) is 0 Å². The summed E-state index contributed by atoms with van der Waals surface area (Å²) in [5.74, 6) is -2.14. The largest absolute Gasteiger partial charge is 0.497 e. The van der Waals surface area contributed by atoms with E-state index in [1.807, 2.05) is 6.92 Å².